The van der Waals surface area contributed by atoms with Gasteiger partial charge in [-0.3, -0.25) is 19.9 Å². The highest BCUT2D eigenvalue weighted by molar-refractivity contribution is 5.82. The molecule has 0 aromatic heterocycles. The van der Waals surface area contributed by atoms with Gasteiger partial charge in [-0.1, -0.05) is 6.08 Å². The van der Waals surface area contributed by atoms with E-state index in [4.69, 9.17) is 5.11 Å². The SMILES string of the molecule is CC=N/C(=C\C)C(O)C(O)NC(O)C(=O)NC(O)C=O. The van der Waals surface area contributed by atoms with Crippen LogP contribution in [-0.4, -0.2) is 63.6 Å². The van der Waals surface area contributed by atoms with Gasteiger partial charge < -0.3 is 25.7 Å². The van der Waals surface area contributed by atoms with Crippen LogP contribution in [-0.2, 0) is 9.59 Å². The van der Waals surface area contributed by atoms with Gasteiger partial charge in [0, 0.05) is 6.21 Å². The van der Waals surface area contributed by atoms with Crippen molar-refractivity contribution >= 4 is 18.4 Å². The molecule has 9 nitrogen and oxygen atoms in total. The average Bonchev–Trinajstić information content (AvgIpc) is 2.43. The minimum absolute atomic E-state index is 0.0454. The summed E-state index contributed by atoms with van der Waals surface area (Å²) >= 11 is 0. The Kier molecular flexibility index (Phi) is 8.52. The van der Waals surface area contributed by atoms with Crippen LogP contribution >= 0.6 is 0 Å². The molecule has 9 heteroatoms. The Morgan fingerprint density at radius 2 is 1.80 bits per heavy atom. The van der Waals surface area contributed by atoms with Gasteiger partial charge in [-0.15, -0.1) is 0 Å². The van der Waals surface area contributed by atoms with E-state index >= 15 is 0 Å². The number of aliphatic hydroxyl groups is 4. The van der Waals surface area contributed by atoms with Crippen molar-refractivity contribution in [1.82, 2.24) is 10.6 Å². The lowest BCUT2D eigenvalue weighted by Gasteiger charge is -2.22. The fourth-order valence-corrected chi connectivity index (χ4v) is 1.22. The summed E-state index contributed by atoms with van der Waals surface area (Å²) < 4.78 is 0. The van der Waals surface area contributed by atoms with Crippen LogP contribution in [0.25, 0.3) is 0 Å². The summed E-state index contributed by atoms with van der Waals surface area (Å²) in [7, 11) is 0. The maximum absolute atomic E-state index is 11.3. The highest BCUT2D eigenvalue weighted by atomic mass is 16.4. The van der Waals surface area contributed by atoms with Gasteiger partial charge in [0.15, 0.2) is 18.7 Å². The third kappa shape index (κ3) is 5.99. The van der Waals surface area contributed by atoms with Crippen LogP contribution in [0.5, 0.6) is 0 Å². The summed E-state index contributed by atoms with van der Waals surface area (Å²) in [6, 6.07) is 0. The molecule has 0 saturated carbocycles. The minimum atomic E-state index is -1.93. The number of hydrogen-bond acceptors (Lipinski definition) is 8. The van der Waals surface area contributed by atoms with E-state index in [2.05, 4.69) is 4.99 Å². The molecule has 4 atom stereocenters. The molecule has 0 aliphatic carbocycles. The van der Waals surface area contributed by atoms with Crippen LogP contribution in [0.1, 0.15) is 13.8 Å². The number of carbonyl (C=O) groups is 2. The van der Waals surface area contributed by atoms with E-state index in [1.54, 1.807) is 19.2 Å². The first kappa shape index (κ1) is 18.4. The highest BCUT2D eigenvalue weighted by Gasteiger charge is 2.25. The Balaban J connectivity index is 4.55. The first-order valence-corrected chi connectivity index (χ1v) is 5.76. The second-order valence-corrected chi connectivity index (χ2v) is 3.65. The topological polar surface area (TPSA) is 151 Å². The lowest BCUT2D eigenvalue weighted by atomic mass is 10.2. The number of aldehydes is 1. The number of aliphatic hydroxyl groups excluding tert-OH is 4. The monoisotopic (exact) mass is 289 g/mol. The maximum Gasteiger partial charge on any atom is 0.266 e. The molecular formula is C11H19N3O6. The molecule has 20 heavy (non-hydrogen) atoms. The highest BCUT2D eigenvalue weighted by Crippen LogP contribution is 2.07. The van der Waals surface area contributed by atoms with Crippen molar-refractivity contribution in [2.45, 2.75) is 38.6 Å². The zero-order valence-corrected chi connectivity index (χ0v) is 11.1. The van der Waals surface area contributed by atoms with Gasteiger partial charge in [-0.05, 0) is 13.8 Å². The van der Waals surface area contributed by atoms with Crippen LogP contribution in [0.3, 0.4) is 0 Å². The Labute approximate surface area is 115 Å². The van der Waals surface area contributed by atoms with Gasteiger partial charge in [0.25, 0.3) is 5.91 Å². The molecule has 0 saturated heterocycles. The number of nitrogens with one attached hydrogen (secondary N) is 2. The number of nitrogens with zero attached hydrogens (tertiary/aromatic N) is 1. The van der Waals surface area contributed by atoms with E-state index in [1.807, 2.05) is 5.32 Å². The maximum atomic E-state index is 11.3. The van der Waals surface area contributed by atoms with Crippen LogP contribution in [0, 0.1) is 0 Å². The number of amides is 1. The molecule has 0 spiro atoms. The minimum Gasteiger partial charge on any atom is -0.383 e. The van der Waals surface area contributed by atoms with Crippen molar-refractivity contribution in [2.75, 3.05) is 0 Å². The zero-order chi connectivity index (χ0) is 15.7. The number of rotatable bonds is 8. The number of aliphatic imine (C=N–C) groups is 1. The molecule has 0 heterocycles. The van der Waals surface area contributed by atoms with E-state index in [0.717, 1.165) is 0 Å². The molecule has 4 unspecified atom stereocenters. The Bertz CT molecular complexity index is 384. The molecule has 0 aliphatic heterocycles. The smallest absolute Gasteiger partial charge is 0.266 e. The van der Waals surface area contributed by atoms with Crippen LogP contribution in [0.2, 0.25) is 0 Å². The van der Waals surface area contributed by atoms with Gasteiger partial charge >= 0.3 is 0 Å². The van der Waals surface area contributed by atoms with E-state index in [0.29, 0.717) is 0 Å². The summed E-state index contributed by atoms with van der Waals surface area (Å²) in [5.74, 6) is -1.14. The van der Waals surface area contributed by atoms with E-state index in [-0.39, 0.29) is 12.0 Å². The Morgan fingerprint density at radius 3 is 2.25 bits per heavy atom. The van der Waals surface area contributed by atoms with Gasteiger partial charge in [0.1, 0.15) is 12.3 Å². The second-order valence-electron chi connectivity index (χ2n) is 3.65. The van der Waals surface area contributed by atoms with Crippen LogP contribution in [0.4, 0.5) is 0 Å². The van der Waals surface area contributed by atoms with Gasteiger partial charge in [0.05, 0.1) is 5.70 Å². The largest absolute Gasteiger partial charge is 0.383 e. The quantitative estimate of drug-likeness (QED) is 0.160. The predicted octanol–water partition coefficient (Wildman–Crippen LogP) is -2.80. The summed E-state index contributed by atoms with van der Waals surface area (Å²) in [6.45, 7) is 3.20. The fourth-order valence-electron chi connectivity index (χ4n) is 1.22. The molecule has 0 aromatic rings. The van der Waals surface area contributed by atoms with Crippen molar-refractivity contribution in [3.05, 3.63) is 11.8 Å². The normalized spacial score (nSPS) is 18.4. The standard InChI is InChI=1S/C11H19N3O6/c1-3-6(12-4-2)8(17)9(18)14-11(20)10(19)13-7(16)5-15/h3-5,7-9,11,14,16-18,20H,1-2H3,(H,13,19)/b6-3-,12-4?. The molecule has 0 aliphatic rings. The van der Waals surface area contributed by atoms with Crippen molar-refractivity contribution in [3.8, 4) is 0 Å². The summed E-state index contributed by atoms with van der Waals surface area (Å²) in [6.07, 6.45) is -3.97. The lowest BCUT2D eigenvalue weighted by molar-refractivity contribution is -0.139. The third-order valence-electron chi connectivity index (χ3n) is 2.17. The molecule has 0 fully saturated rings. The van der Waals surface area contributed by atoms with Gasteiger partial charge in [-0.2, -0.15) is 0 Å². The summed E-state index contributed by atoms with van der Waals surface area (Å²) in [4.78, 5) is 25.2. The van der Waals surface area contributed by atoms with Crippen molar-refractivity contribution in [3.63, 3.8) is 0 Å². The van der Waals surface area contributed by atoms with Crippen molar-refractivity contribution < 1.29 is 30.0 Å². The van der Waals surface area contributed by atoms with Crippen LogP contribution < -0.4 is 10.6 Å². The third-order valence-corrected chi connectivity index (χ3v) is 2.17. The van der Waals surface area contributed by atoms with E-state index in [1.165, 1.54) is 12.3 Å². The van der Waals surface area contributed by atoms with E-state index in [9.17, 15) is 24.9 Å². The molecule has 0 radical (unpaired) electrons. The van der Waals surface area contributed by atoms with Gasteiger partial charge in [-0.25, -0.2) is 0 Å². The first-order valence-electron chi connectivity index (χ1n) is 5.76. The van der Waals surface area contributed by atoms with Crippen molar-refractivity contribution in [2.24, 2.45) is 4.99 Å². The first-order chi connectivity index (χ1) is 9.37. The molecule has 114 valence electrons. The zero-order valence-electron chi connectivity index (χ0n) is 11.1. The lowest BCUT2D eigenvalue weighted by Crippen LogP contribution is -2.54. The number of allylic oxidation sites excluding steroid dienone is 1. The average molecular weight is 289 g/mol. The van der Waals surface area contributed by atoms with Gasteiger partial charge in [0.2, 0.25) is 0 Å². The number of hydrogen-bond donors (Lipinski definition) is 6. The van der Waals surface area contributed by atoms with Crippen molar-refractivity contribution in [1.29, 1.82) is 0 Å². The molecule has 0 aromatic carbocycles. The molecule has 1 amide bonds. The Hall–Kier alpha value is -1.65. The molecule has 0 bridgehead atoms. The summed E-state index contributed by atoms with van der Waals surface area (Å²) in [5, 5.41) is 41.3. The second kappa shape index (κ2) is 9.28. The van der Waals surface area contributed by atoms with Crippen LogP contribution in [0.15, 0.2) is 16.8 Å². The fraction of sp³-hybridized carbons (Fsp3) is 0.545. The van der Waals surface area contributed by atoms with E-state index < -0.39 is 30.7 Å². The predicted molar refractivity (Wildman–Crippen MR) is 69.3 cm³/mol. The summed E-state index contributed by atoms with van der Waals surface area (Å²) in [5.41, 5.74) is 0.132. The Morgan fingerprint density at radius 1 is 1.20 bits per heavy atom. The number of carbonyl (C=O) groups excluding carboxylic acids is 2. The molecular weight excluding hydrogens is 270 g/mol. The molecule has 0 rings (SSSR count). The molecule has 6 N–H and O–H groups in total.